The van der Waals surface area contributed by atoms with E-state index in [1.807, 2.05) is 0 Å². The Balaban J connectivity index is 1.51. The van der Waals surface area contributed by atoms with Gasteiger partial charge >= 0.3 is 0 Å². The highest BCUT2D eigenvalue weighted by molar-refractivity contribution is 9.10. The smallest absolute Gasteiger partial charge is 0.189 e. The molecule has 0 radical (unpaired) electrons. The molecule has 4 fully saturated rings. The SMILES string of the molecule is COCCOCOc1cc2ccc(Br)cc2cc1C12CC3CC(CC(C3)C1)C2. The Kier molecular flexibility index (Phi) is 5.14. The Morgan fingerprint density at radius 2 is 1.64 bits per heavy atom. The van der Waals surface area contributed by atoms with Crippen molar-refractivity contribution in [3.63, 3.8) is 0 Å². The molecule has 4 heteroatoms. The summed E-state index contributed by atoms with van der Waals surface area (Å²) in [5.41, 5.74) is 1.72. The van der Waals surface area contributed by atoms with E-state index in [1.165, 1.54) is 54.9 Å². The molecule has 0 N–H and O–H groups in total. The number of fused-ring (bicyclic) bond motifs is 1. The quantitative estimate of drug-likeness (QED) is 0.383. The fourth-order valence-electron chi connectivity index (χ4n) is 6.53. The van der Waals surface area contributed by atoms with Gasteiger partial charge in [-0.3, -0.25) is 0 Å². The zero-order valence-electron chi connectivity index (χ0n) is 16.6. The van der Waals surface area contributed by atoms with E-state index in [4.69, 9.17) is 14.2 Å². The van der Waals surface area contributed by atoms with Crippen molar-refractivity contribution in [1.82, 2.24) is 0 Å². The van der Waals surface area contributed by atoms with Crippen LogP contribution in [0.3, 0.4) is 0 Å². The van der Waals surface area contributed by atoms with Crippen molar-refractivity contribution >= 4 is 26.7 Å². The van der Waals surface area contributed by atoms with E-state index in [2.05, 4.69) is 46.3 Å². The monoisotopic (exact) mass is 444 g/mol. The topological polar surface area (TPSA) is 27.7 Å². The van der Waals surface area contributed by atoms with Crippen LogP contribution in [0.15, 0.2) is 34.8 Å². The molecule has 4 aliphatic rings. The van der Waals surface area contributed by atoms with Gasteiger partial charge in [0.15, 0.2) is 6.79 Å². The average Bonchev–Trinajstić information content (AvgIpc) is 2.66. The van der Waals surface area contributed by atoms with Crippen LogP contribution in [0.4, 0.5) is 0 Å². The zero-order valence-corrected chi connectivity index (χ0v) is 18.2. The molecule has 4 bridgehead atoms. The van der Waals surface area contributed by atoms with Gasteiger partial charge in [-0.25, -0.2) is 0 Å². The number of halogens is 1. The standard InChI is InChI=1S/C24H29BrO3/c1-26-4-5-27-15-28-23-11-19-2-3-21(25)9-20(19)10-22(23)24-12-16-6-17(13-24)8-18(7-16)14-24/h2-3,9-11,16-18H,4-8,12-15H2,1H3. The van der Waals surface area contributed by atoms with Crippen LogP contribution in [-0.2, 0) is 14.9 Å². The fourth-order valence-corrected chi connectivity index (χ4v) is 6.91. The zero-order chi connectivity index (χ0) is 19.1. The van der Waals surface area contributed by atoms with Gasteiger partial charge in [-0.15, -0.1) is 0 Å². The van der Waals surface area contributed by atoms with Gasteiger partial charge in [-0.2, -0.15) is 0 Å². The number of methoxy groups -OCH3 is 1. The summed E-state index contributed by atoms with van der Waals surface area (Å²) in [5, 5.41) is 2.52. The summed E-state index contributed by atoms with van der Waals surface area (Å²) >= 11 is 3.64. The van der Waals surface area contributed by atoms with Crippen molar-refractivity contribution in [2.24, 2.45) is 17.8 Å². The number of ether oxygens (including phenoxy) is 3. The maximum Gasteiger partial charge on any atom is 0.189 e. The lowest BCUT2D eigenvalue weighted by Crippen LogP contribution is -2.48. The largest absolute Gasteiger partial charge is 0.467 e. The van der Waals surface area contributed by atoms with Crippen molar-refractivity contribution in [2.75, 3.05) is 27.1 Å². The molecule has 2 aromatic rings. The molecular formula is C24H29BrO3. The highest BCUT2D eigenvalue weighted by atomic mass is 79.9. The summed E-state index contributed by atoms with van der Waals surface area (Å²) in [5.74, 6) is 3.76. The summed E-state index contributed by atoms with van der Waals surface area (Å²) in [4.78, 5) is 0. The van der Waals surface area contributed by atoms with Crippen molar-refractivity contribution in [3.05, 3.63) is 40.4 Å². The van der Waals surface area contributed by atoms with Crippen LogP contribution in [0, 0.1) is 17.8 Å². The lowest BCUT2D eigenvalue weighted by Gasteiger charge is -2.57. The van der Waals surface area contributed by atoms with E-state index in [0.717, 1.165) is 28.0 Å². The number of rotatable bonds is 7. The normalized spacial score (nSPS) is 30.9. The molecule has 0 heterocycles. The maximum absolute atomic E-state index is 6.22. The molecule has 4 aliphatic carbocycles. The summed E-state index contributed by atoms with van der Waals surface area (Å²) in [6.07, 6.45) is 8.36. The predicted molar refractivity (Wildman–Crippen MR) is 115 cm³/mol. The minimum absolute atomic E-state index is 0.283. The predicted octanol–water partition coefficient (Wildman–Crippen LogP) is 6.07. The molecule has 6 rings (SSSR count). The highest BCUT2D eigenvalue weighted by Gasteiger charge is 2.52. The van der Waals surface area contributed by atoms with Crippen molar-refractivity contribution in [2.45, 2.75) is 43.9 Å². The molecule has 3 nitrogen and oxygen atoms in total. The van der Waals surface area contributed by atoms with Gasteiger partial charge in [0.25, 0.3) is 0 Å². The summed E-state index contributed by atoms with van der Waals surface area (Å²) in [7, 11) is 1.69. The maximum atomic E-state index is 6.22. The van der Waals surface area contributed by atoms with Crippen LogP contribution in [-0.4, -0.2) is 27.1 Å². The van der Waals surface area contributed by atoms with E-state index in [1.54, 1.807) is 7.11 Å². The minimum atomic E-state index is 0.283. The molecule has 0 atom stereocenters. The summed E-state index contributed by atoms with van der Waals surface area (Å²) < 4.78 is 18.0. The Labute approximate surface area is 175 Å². The molecular weight excluding hydrogens is 416 g/mol. The summed E-state index contributed by atoms with van der Waals surface area (Å²) in [6, 6.07) is 11.2. The van der Waals surface area contributed by atoms with Crippen LogP contribution in [0.5, 0.6) is 5.75 Å². The first-order valence-corrected chi connectivity index (χ1v) is 11.4. The van der Waals surface area contributed by atoms with Crippen molar-refractivity contribution in [1.29, 1.82) is 0 Å². The van der Waals surface area contributed by atoms with E-state index in [0.29, 0.717) is 18.6 Å². The Hall–Kier alpha value is -1.10. The molecule has 0 spiro atoms. The molecule has 0 unspecified atom stereocenters. The van der Waals surface area contributed by atoms with E-state index < -0.39 is 0 Å². The van der Waals surface area contributed by atoms with Crippen LogP contribution in [0.2, 0.25) is 0 Å². The second-order valence-electron chi connectivity index (χ2n) is 9.20. The molecule has 0 aromatic heterocycles. The van der Waals surface area contributed by atoms with Gasteiger partial charge in [0.2, 0.25) is 0 Å². The van der Waals surface area contributed by atoms with E-state index in [9.17, 15) is 0 Å². The molecule has 2 aromatic carbocycles. The highest BCUT2D eigenvalue weighted by Crippen LogP contribution is 2.62. The van der Waals surface area contributed by atoms with Gasteiger partial charge in [0.05, 0.1) is 13.2 Å². The van der Waals surface area contributed by atoms with Crippen LogP contribution >= 0.6 is 15.9 Å². The molecule has 0 amide bonds. The summed E-state index contributed by atoms with van der Waals surface area (Å²) in [6.45, 7) is 1.44. The Morgan fingerprint density at radius 1 is 0.929 bits per heavy atom. The van der Waals surface area contributed by atoms with Crippen LogP contribution in [0.1, 0.15) is 44.1 Å². The third-order valence-corrected chi connectivity index (χ3v) is 7.73. The lowest BCUT2D eigenvalue weighted by atomic mass is 9.48. The molecule has 0 saturated heterocycles. The molecule has 28 heavy (non-hydrogen) atoms. The van der Waals surface area contributed by atoms with E-state index >= 15 is 0 Å². The van der Waals surface area contributed by atoms with Crippen LogP contribution < -0.4 is 4.74 Å². The number of hydrogen-bond donors (Lipinski definition) is 0. The second kappa shape index (κ2) is 7.62. The minimum Gasteiger partial charge on any atom is -0.467 e. The average molecular weight is 445 g/mol. The molecule has 0 aliphatic heterocycles. The van der Waals surface area contributed by atoms with Gasteiger partial charge in [0.1, 0.15) is 5.75 Å². The first-order valence-electron chi connectivity index (χ1n) is 10.6. The van der Waals surface area contributed by atoms with Gasteiger partial charge in [-0.1, -0.05) is 22.0 Å². The third kappa shape index (κ3) is 3.48. The van der Waals surface area contributed by atoms with E-state index in [-0.39, 0.29) is 6.79 Å². The first-order chi connectivity index (χ1) is 13.6. The lowest BCUT2D eigenvalue weighted by molar-refractivity contribution is -0.0188. The molecule has 4 saturated carbocycles. The van der Waals surface area contributed by atoms with Gasteiger partial charge in [-0.05, 0) is 96.7 Å². The Morgan fingerprint density at radius 3 is 2.32 bits per heavy atom. The van der Waals surface area contributed by atoms with Crippen molar-refractivity contribution in [3.8, 4) is 5.75 Å². The first kappa shape index (κ1) is 18.9. The van der Waals surface area contributed by atoms with Crippen molar-refractivity contribution < 1.29 is 14.2 Å². The number of benzene rings is 2. The number of hydrogen-bond acceptors (Lipinski definition) is 3. The molecule has 150 valence electrons. The van der Waals surface area contributed by atoms with Gasteiger partial charge in [0, 0.05) is 17.1 Å². The second-order valence-corrected chi connectivity index (χ2v) is 10.1. The Bertz CT molecular complexity index is 827. The van der Waals surface area contributed by atoms with Crippen LogP contribution in [0.25, 0.3) is 10.8 Å². The fraction of sp³-hybridized carbons (Fsp3) is 0.583. The third-order valence-electron chi connectivity index (χ3n) is 7.24. The van der Waals surface area contributed by atoms with Gasteiger partial charge < -0.3 is 14.2 Å².